The fraction of sp³-hybridized carbons (Fsp3) is 0.440. The van der Waals surface area contributed by atoms with Crippen molar-refractivity contribution in [3.8, 4) is 0 Å². The molecule has 32 heavy (non-hydrogen) atoms. The van der Waals surface area contributed by atoms with Crippen LogP contribution in [0.15, 0.2) is 48.5 Å². The minimum absolute atomic E-state index is 0.0987. The van der Waals surface area contributed by atoms with Crippen molar-refractivity contribution in [1.82, 2.24) is 10.2 Å². The van der Waals surface area contributed by atoms with Crippen LogP contribution in [0.3, 0.4) is 0 Å². The molecule has 1 atom stereocenters. The summed E-state index contributed by atoms with van der Waals surface area (Å²) in [5.74, 6) is 0.359. The lowest BCUT2D eigenvalue weighted by Crippen LogP contribution is -2.50. The standard InChI is InChI=1S/C25H30ClFN2O2S/c1-18(25(31)28-23-5-3-2-4-6-23)29(15-19-7-11-21(26)12-8-19)24(30)17-32-16-20-9-13-22(27)14-10-20/h7-14,18,23H,2-6,15-17H2,1H3,(H,28,31)/t18-/m1/s1. The smallest absolute Gasteiger partial charge is 0.242 e. The Labute approximate surface area is 198 Å². The molecule has 172 valence electrons. The first-order chi connectivity index (χ1) is 15.4. The van der Waals surface area contributed by atoms with Gasteiger partial charge in [0.05, 0.1) is 5.75 Å². The van der Waals surface area contributed by atoms with Gasteiger partial charge >= 0.3 is 0 Å². The highest BCUT2D eigenvalue weighted by Gasteiger charge is 2.28. The van der Waals surface area contributed by atoms with Crippen molar-refractivity contribution in [1.29, 1.82) is 0 Å². The van der Waals surface area contributed by atoms with E-state index in [1.165, 1.54) is 30.3 Å². The molecule has 0 spiro atoms. The van der Waals surface area contributed by atoms with E-state index in [1.807, 2.05) is 12.1 Å². The van der Waals surface area contributed by atoms with Crippen LogP contribution >= 0.6 is 23.4 Å². The van der Waals surface area contributed by atoms with E-state index < -0.39 is 6.04 Å². The van der Waals surface area contributed by atoms with E-state index in [1.54, 1.807) is 36.1 Å². The highest BCUT2D eigenvalue weighted by molar-refractivity contribution is 7.99. The Morgan fingerprint density at radius 3 is 2.34 bits per heavy atom. The van der Waals surface area contributed by atoms with Crippen LogP contribution in [0, 0.1) is 5.82 Å². The maximum atomic E-state index is 13.1. The summed E-state index contributed by atoms with van der Waals surface area (Å²) in [6.45, 7) is 2.13. The number of rotatable bonds is 9. The molecule has 1 aliphatic rings. The summed E-state index contributed by atoms with van der Waals surface area (Å²) in [7, 11) is 0. The largest absolute Gasteiger partial charge is 0.352 e. The number of nitrogens with one attached hydrogen (secondary N) is 1. The lowest BCUT2D eigenvalue weighted by Gasteiger charge is -2.31. The van der Waals surface area contributed by atoms with Gasteiger partial charge in [-0.1, -0.05) is 55.1 Å². The van der Waals surface area contributed by atoms with E-state index in [0.29, 0.717) is 17.3 Å². The average Bonchev–Trinajstić information content (AvgIpc) is 2.80. The van der Waals surface area contributed by atoms with E-state index in [-0.39, 0.29) is 29.4 Å². The van der Waals surface area contributed by atoms with Gasteiger partial charge < -0.3 is 10.2 Å². The van der Waals surface area contributed by atoms with Crippen LogP contribution in [0.25, 0.3) is 0 Å². The quantitative estimate of drug-likeness (QED) is 0.514. The third-order valence-electron chi connectivity index (χ3n) is 5.79. The lowest BCUT2D eigenvalue weighted by molar-refractivity contribution is -0.139. The molecule has 2 amide bonds. The van der Waals surface area contributed by atoms with Gasteiger partial charge in [-0.25, -0.2) is 4.39 Å². The molecule has 4 nitrogen and oxygen atoms in total. The van der Waals surface area contributed by atoms with Crippen molar-refractivity contribution >= 4 is 35.2 Å². The molecule has 0 bridgehead atoms. The number of carbonyl (C=O) groups is 2. The third-order valence-corrected chi connectivity index (χ3v) is 7.03. The minimum Gasteiger partial charge on any atom is -0.352 e. The molecule has 0 radical (unpaired) electrons. The SMILES string of the molecule is C[C@H](C(=O)NC1CCCCC1)N(Cc1ccc(Cl)cc1)C(=O)CSCc1ccc(F)cc1. The normalized spacial score (nSPS) is 15.2. The molecular weight excluding hydrogens is 447 g/mol. The zero-order chi connectivity index (χ0) is 22.9. The number of carbonyl (C=O) groups excluding carboxylic acids is 2. The average molecular weight is 477 g/mol. The Hall–Kier alpha value is -2.05. The molecule has 2 aromatic carbocycles. The van der Waals surface area contributed by atoms with Gasteiger partial charge in [0.15, 0.2) is 0 Å². The second-order valence-corrected chi connectivity index (χ2v) is 9.71. The lowest BCUT2D eigenvalue weighted by atomic mass is 9.95. The first-order valence-electron chi connectivity index (χ1n) is 11.1. The van der Waals surface area contributed by atoms with E-state index in [2.05, 4.69) is 5.32 Å². The molecule has 0 saturated heterocycles. The van der Waals surface area contributed by atoms with Crippen molar-refractivity contribution in [2.75, 3.05) is 5.75 Å². The van der Waals surface area contributed by atoms with E-state index >= 15 is 0 Å². The molecule has 1 saturated carbocycles. The molecule has 7 heteroatoms. The Morgan fingerprint density at radius 1 is 1.06 bits per heavy atom. The Balaban J connectivity index is 1.64. The molecular formula is C25H30ClFN2O2S. The number of halogens is 2. The van der Waals surface area contributed by atoms with Crippen molar-refractivity contribution in [3.63, 3.8) is 0 Å². The predicted molar refractivity (Wildman–Crippen MR) is 129 cm³/mol. The molecule has 1 fully saturated rings. The zero-order valence-electron chi connectivity index (χ0n) is 18.4. The van der Waals surface area contributed by atoms with Crippen LogP contribution in [-0.4, -0.2) is 34.6 Å². The first kappa shape index (κ1) is 24.6. The number of hydrogen-bond donors (Lipinski definition) is 1. The van der Waals surface area contributed by atoms with Gasteiger partial charge in [-0.15, -0.1) is 11.8 Å². The second kappa shape index (κ2) is 12.3. The highest BCUT2D eigenvalue weighted by Crippen LogP contribution is 2.20. The van der Waals surface area contributed by atoms with Gasteiger partial charge in [0.1, 0.15) is 11.9 Å². The Kier molecular flexibility index (Phi) is 9.42. The van der Waals surface area contributed by atoms with Crippen LogP contribution in [0.5, 0.6) is 0 Å². The predicted octanol–water partition coefficient (Wildman–Crippen LogP) is 5.58. The van der Waals surface area contributed by atoms with Crippen LogP contribution in [0.4, 0.5) is 4.39 Å². The van der Waals surface area contributed by atoms with Gasteiger partial charge in [-0.2, -0.15) is 0 Å². The topological polar surface area (TPSA) is 49.4 Å². The molecule has 2 aromatic rings. The monoisotopic (exact) mass is 476 g/mol. The maximum absolute atomic E-state index is 13.1. The summed E-state index contributed by atoms with van der Waals surface area (Å²) in [4.78, 5) is 27.7. The highest BCUT2D eigenvalue weighted by atomic mass is 35.5. The van der Waals surface area contributed by atoms with E-state index in [4.69, 9.17) is 11.6 Å². The van der Waals surface area contributed by atoms with Crippen molar-refractivity contribution in [2.24, 2.45) is 0 Å². The molecule has 1 aliphatic carbocycles. The third kappa shape index (κ3) is 7.52. The van der Waals surface area contributed by atoms with E-state index in [9.17, 15) is 14.0 Å². The number of amides is 2. The second-order valence-electron chi connectivity index (χ2n) is 8.29. The molecule has 3 rings (SSSR count). The Morgan fingerprint density at radius 2 is 1.69 bits per heavy atom. The number of thioether (sulfide) groups is 1. The molecule has 1 N–H and O–H groups in total. The zero-order valence-corrected chi connectivity index (χ0v) is 19.9. The Bertz CT molecular complexity index is 886. The van der Waals surface area contributed by atoms with Gasteiger partial charge in [0.25, 0.3) is 0 Å². The van der Waals surface area contributed by atoms with Crippen LogP contribution in [0.1, 0.15) is 50.2 Å². The van der Waals surface area contributed by atoms with Crippen LogP contribution in [-0.2, 0) is 21.9 Å². The van der Waals surface area contributed by atoms with Gasteiger partial charge in [-0.3, -0.25) is 9.59 Å². The minimum atomic E-state index is -0.577. The summed E-state index contributed by atoms with van der Waals surface area (Å²) >= 11 is 7.46. The molecule has 0 unspecified atom stereocenters. The number of hydrogen-bond acceptors (Lipinski definition) is 3. The first-order valence-corrected chi connectivity index (χ1v) is 12.6. The fourth-order valence-corrected chi connectivity index (χ4v) is 4.85. The summed E-state index contributed by atoms with van der Waals surface area (Å²) in [6, 6.07) is 13.2. The summed E-state index contributed by atoms with van der Waals surface area (Å²) in [5, 5.41) is 3.77. The van der Waals surface area contributed by atoms with Crippen molar-refractivity contribution < 1.29 is 14.0 Å². The number of nitrogens with zero attached hydrogens (tertiary/aromatic N) is 1. The molecule has 0 aromatic heterocycles. The van der Waals surface area contributed by atoms with Gasteiger partial charge in [0, 0.05) is 23.4 Å². The maximum Gasteiger partial charge on any atom is 0.242 e. The van der Waals surface area contributed by atoms with Crippen LogP contribution < -0.4 is 5.32 Å². The molecule has 0 heterocycles. The summed E-state index contributed by atoms with van der Waals surface area (Å²) in [6.07, 6.45) is 5.47. The van der Waals surface area contributed by atoms with Crippen molar-refractivity contribution in [3.05, 3.63) is 70.5 Å². The van der Waals surface area contributed by atoms with Gasteiger partial charge in [0.2, 0.25) is 11.8 Å². The van der Waals surface area contributed by atoms with Crippen molar-refractivity contribution in [2.45, 2.75) is 63.4 Å². The fourth-order valence-electron chi connectivity index (χ4n) is 3.86. The number of benzene rings is 2. The molecule has 0 aliphatic heterocycles. The van der Waals surface area contributed by atoms with E-state index in [0.717, 1.165) is 36.8 Å². The summed E-state index contributed by atoms with van der Waals surface area (Å²) in [5.41, 5.74) is 1.88. The summed E-state index contributed by atoms with van der Waals surface area (Å²) < 4.78 is 13.1. The van der Waals surface area contributed by atoms with Gasteiger partial charge in [-0.05, 0) is 55.2 Å². The van der Waals surface area contributed by atoms with Crippen LogP contribution in [0.2, 0.25) is 5.02 Å².